The van der Waals surface area contributed by atoms with Gasteiger partial charge in [-0.1, -0.05) is 11.6 Å². The number of ether oxygens (including phenoxy) is 1. The molecule has 1 aliphatic rings. The number of amides is 1. The average Bonchev–Trinajstić information content (AvgIpc) is 2.98. The molecule has 21 heavy (non-hydrogen) atoms. The van der Waals surface area contributed by atoms with Crippen molar-refractivity contribution in [1.29, 1.82) is 0 Å². The van der Waals surface area contributed by atoms with E-state index in [9.17, 15) is 9.59 Å². The Kier molecular flexibility index (Phi) is 5.92. The lowest BCUT2D eigenvalue weighted by atomic mass is 9.97. The molecule has 6 heteroatoms. The van der Waals surface area contributed by atoms with Gasteiger partial charge in [0.15, 0.2) is 0 Å². The first-order chi connectivity index (χ1) is 10.2. The van der Waals surface area contributed by atoms with Gasteiger partial charge in [0.2, 0.25) is 5.01 Å². The molecule has 0 unspecified atom stereocenters. The highest BCUT2D eigenvalue weighted by molar-refractivity contribution is 7.11. The third-order valence-electron chi connectivity index (χ3n) is 3.30. The summed E-state index contributed by atoms with van der Waals surface area (Å²) < 4.78 is 4.85. The van der Waals surface area contributed by atoms with Gasteiger partial charge in [0.25, 0.3) is 5.91 Å². The highest BCUT2D eigenvalue weighted by Crippen LogP contribution is 2.19. The van der Waals surface area contributed by atoms with Crippen LogP contribution in [-0.2, 0) is 4.74 Å². The predicted octanol–water partition coefficient (Wildman–Crippen LogP) is 2.94. The van der Waals surface area contributed by atoms with Gasteiger partial charge in [-0.05, 0) is 39.0 Å². The van der Waals surface area contributed by atoms with Gasteiger partial charge in [-0.3, -0.25) is 4.79 Å². The Morgan fingerprint density at radius 1 is 1.43 bits per heavy atom. The van der Waals surface area contributed by atoms with Crippen LogP contribution in [0.25, 0.3) is 0 Å². The molecule has 0 saturated carbocycles. The second-order valence-electron chi connectivity index (χ2n) is 4.87. The minimum atomic E-state index is -0.478. The van der Waals surface area contributed by atoms with E-state index in [2.05, 4.69) is 16.4 Å². The van der Waals surface area contributed by atoms with Crippen LogP contribution in [0.5, 0.6) is 0 Å². The summed E-state index contributed by atoms with van der Waals surface area (Å²) in [5, 5.41) is 4.65. The van der Waals surface area contributed by atoms with Crippen LogP contribution >= 0.6 is 11.3 Å². The SMILES string of the molecule is CCOC(=O)c1nc(C(=O)NCCC2=CCCCC2)cs1. The van der Waals surface area contributed by atoms with Gasteiger partial charge >= 0.3 is 5.97 Å². The highest BCUT2D eigenvalue weighted by Gasteiger charge is 2.16. The Bertz CT molecular complexity index is 537. The smallest absolute Gasteiger partial charge is 0.367 e. The fourth-order valence-electron chi connectivity index (χ4n) is 2.22. The molecule has 0 saturated heterocycles. The van der Waals surface area contributed by atoms with Crippen LogP contribution in [0.2, 0.25) is 0 Å². The van der Waals surface area contributed by atoms with E-state index in [0.717, 1.165) is 30.6 Å². The molecule has 1 aromatic rings. The number of rotatable bonds is 6. The summed E-state index contributed by atoms with van der Waals surface area (Å²) in [5.41, 5.74) is 1.70. The summed E-state index contributed by atoms with van der Waals surface area (Å²) in [7, 11) is 0. The molecule has 2 rings (SSSR count). The predicted molar refractivity (Wildman–Crippen MR) is 81.6 cm³/mol. The number of aromatic nitrogens is 1. The van der Waals surface area contributed by atoms with Crippen molar-refractivity contribution in [2.75, 3.05) is 13.2 Å². The molecule has 114 valence electrons. The van der Waals surface area contributed by atoms with Gasteiger partial charge in [0.05, 0.1) is 6.61 Å². The molecule has 0 spiro atoms. The Hall–Kier alpha value is -1.69. The second kappa shape index (κ2) is 7.93. The third kappa shape index (κ3) is 4.67. The number of nitrogens with zero attached hydrogens (tertiary/aromatic N) is 1. The van der Waals surface area contributed by atoms with E-state index in [-0.39, 0.29) is 16.6 Å². The molecular weight excluding hydrogens is 288 g/mol. The lowest BCUT2D eigenvalue weighted by molar-refractivity contribution is 0.0526. The van der Waals surface area contributed by atoms with Crippen molar-refractivity contribution >= 4 is 23.2 Å². The molecule has 0 radical (unpaired) electrons. The number of thiazole rings is 1. The van der Waals surface area contributed by atoms with Crippen LogP contribution in [0, 0.1) is 0 Å². The molecule has 0 aliphatic heterocycles. The zero-order valence-corrected chi connectivity index (χ0v) is 13.0. The lowest BCUT2D eigenvalue weighted by Crippen LogP contribution is -2.25. The summed E-state index contributed by atoms with van der Waals surface area (Å²) in [5.74, 6) is -0.716. The molecule has 1 amide bonds. The van der Waals surface area contributed by atoms with Crippen molar-refractivity contribution in [1.82, 2.24) is 10.3 Å². The molecule has 0 atom stereocenters. The molecule has 0 fully saturated rings. The number of nitrogens with one attached hydrogen (secondary N) is 1. The monoisotopic (exact) mass is 308 g/mol. The van der Waals surface area contributed by atoms with E-state index >= 15 is 0 Å². The summed E-state index contributed by atoms with van der Waals surface area (Å²) >= 11 is 1.13. The quantitative estimate of drug-likeness (QED) is 0.648. The second-order valence-corrected chi connectivity index (χ2v) is 5.73. The number of carbonyl (C=O) groups is 2. The normalized spacial score (nSPS) is 14.4. The Morgan fingerprint density at radius 3 is 3.00 bits per heavy atom. The van der Waals surface area contributed by atoms with Crippen molar-refractivity contribution in [2.45, 2.75) is 39.0 Å². The largest absolute Gasteiger partial charge is 0.461 e. The van der Waals surface area contributed by atoms with Crippen LogP contribution in [0.1, 0.15) is 59.3 Å². The van der Waals surface area contributed by atoms with E-state index < -0.39 is 5.97 Å². The molecule has 0 bridgehead atoms. The minimum Gasteiger partial charge on any atom is -0.461 e. The molecule has 1 aliphatic carbocycles. The number of allylic oxidation sites excluding steroid dienone is 1. The van der Waals surface area contributed by atoms with Gasteiger partial charge in [0.1, 0.15) is 5.69 Å². The maximum absolute atomic E-state index is 11.9. The summed E-state index contributed by atoms with van der Waals surface area (Å²) in [6, 6.07) is 0. The van der Waals surface area contributed by atoms with E-state index in [1.807, 2.05) is 0 Å². The van der Waals surface area contributed by atoms with E-state index in [1.54, 1.807) is 12.3 Å². The van der Waals surface area contributed by atoms with Crippen LogP contribution in [0.4, 0.5) is 0 Å². The summed E-state index contributed by atoms with van der Waals surface area (Å²) in [4.78, 5) is 27.4. The van der Waals surface area contributed by atoms with Gasteiger partial charge in [-0.25, -0.2) is 9.78 Å². The topological polar surface area (TPSA) is 68.3 Å². The van der Waals surface area contributed by atoms with Crippen LogP contribution in [0.3, 0.4) is 0 Å². The maximum atomic E-state index is 11.9. The first-order valence-corrected chi connectivity index (χ1v) is 8.17. The zero-order valence-electron chi connectivity index (χ0n) is 12.2. The lowest BCUT2D eigenvalue weighted by Gasteiger charge is -2.12. The molecule has 1 aromatic heterocycles. The Balaban J connectivity index is 1.80. The first kappa shape index (κ1) is 15.7. The van der Waals surface area contributed by atoms with Gasteiger partial charge in [-0.15, -0.1) is 11.3 Å². The van der Waals surface area contributed by atoms with E-state index in [1.165, 1.54) is 18.4 Å². The third-order valence-corrected chi connectivity index (χ3v) is 4.13. The highest BCUT2D eigenvalue weighted by atomic mass is 32.1. The zero-order chi connectivity index (χ0) is 15.1. The molecule has 0 aromatic carbocycles. The van der Waals surface area contributed by atoms with Crippen molar-refractivity contribution in [3.05, 3.63) is 27.7 Å². The number of hydrogen-bond donors (Lipinski definition) is 1. The number of esters is 1. The van der Waals surface area contributed by atoms with Gasteiger partial charge in [-0.2, -0.15) is 0 Å². The van der Waals surface area contributed by atoms with Gasteiger partial charge < -0.3 is 10.1 Å². The van der Waals surface area contributed by atoms with Crippen molar-refractivity contribution in [2.24, 2.45) is 0 Å². The van der Waals surface area contributed by atoms with Crippen molar-refractivity contribution in [3.63, 3.8) is 0 Å². The molecule has 1 N–H and O–H groups in total. The Morgan fingerprint density at radius 2 is 2.29 bits per heavy atom. The Labute approximate surface area is 128 Å². The van der Waals surface area contributed by atoms with Crippen LogP contribution < -0.4 is 5.32 Å². The molecule has 1 heterocycles. The van der Waals surface area contributed by atoms with Crippen molar-refractivity contribution < 1.29 is 14.3 Å². The van der Waals surface area contributed by atoms with Crippen LogP contribution in [-0.4, -0.2) is 30.0 Å². The minimum absolute atomic E-state index is 0.219. The molecular formula is C15H20N2O3S. The standard InChI is InChI=1S/C15H20N2O3S/c1-2-20-15(19)14-17-12(10-21-14)13(18)16-9-8-11-6-4-3-5-7-11/h6,10H,2-5,7-9H2,1H3,(H,16,18). The number of carbonyl (C=O) groups excluding carboxylic acids is 2. The fraction of sp³-hybridized carbons (Fsp3) is 0.533. The fourth-order valence-corrected chi connectivity index (χ4v) is 2.91. The van der Waals surface area contributed by atoms with Crippen molar-refractivity contribution in [3.8, 4) is 0 Å². The maximum Gasteiger partial charge on any atom is 0.367 e. The average molecular weight is 308 g/mol. The number of hydrogen-bond acceptors (Lipinski definition) is 5. The van der Waals surface area contributed by atoms with Crippen LogP contribution in [0.15, 0.2) is 17.0 Å². The first-order valence-electron chi connectivity index (χ1n) is 7.29. The molecule has 5 nitrogen and oxygen atoms in total. The van der Waals surface area contributed by atoms with Gasteiger partial charge in [0, 0.05) is 11.9 Å². The summed E-state index contributed by atoms with van der Waals surface area (Å²) in [6.07, 6.45) is 7.97. The van der Waals surface area contributed by atoms with E-state index in [4.69, 9.17) is 4.74 Å². The van der Waals surface area contributed by atoms with E-state index in [0.29, 0.717) is 13.2 Å². The summed E-state index contributed by atoms with van der Waals surface area (Å²) in [6.45, 7) is 2.64.